The van der Waals surface area contributed by atoms with Crippen LogP contribution in [0.3, 0.4) is 0 Å². The molecular formula is C14H17FN4O. The number of hydrogen-bond acceptors (Lipinski definition) is 4. The minimum absolute atomic E-state index is 0.103. The van der Waals surface area contributed by atoms with Gasteiger partial charge in [0.15, 0.2) is 5.82 Å². The molecule has 1 saturated carbocycles. The predicted octanol–water partition coefficient (Wildman–Crippen LogP) is 2.87. The van der Waals surface area contributed by atoms with Gasteiger partial charge in [0.25, 0.3) is 0 Å². The Morgan fingerprint density at radius 1 is 1.45 bits per heavy atom. The van der Waals surface area contributed by atoms with E-state index in [2.05, 4.69) is 5.10 Å². The number of aromatic nitrogens is 2. The highest BCUT2D eigenvalue weighted by molar-refractivity contribution is 5.76. The van der Waals surface area contributed by atoms with E-state index in [1.165, 1.54) is 19.3 Å². The molecule has 1 fully saturated rings. The van der Waals surface area contributed by atoms with E-state index in [-0.39, 0.29) is 11.4 Å². The molecule has 1 aromatic heterocycles. The first-order valence-electron chi connectivity index (χ1n) is 6.70. The van der Waals surface area contributed by atoms with Crippen molar-refractivity contribution in [2.45, 2.75) is 25.8 Å². The van der Waals surface area contributed by atoms with Gasteiger partial charge in [-0.05, 0) is 30.9 Å². The van der Waals surface area contributed by atoms with Gasteiger partial charge in [-0.2, -0.15) is 5.10 Å². The number of nitrogens with zero attached hydrogens (tertiary/aromatic N) is 2. The van der Waals surface area contributed by atoms with E-state index >= 15 is 0 Å². The van der Waals surface area contributed by atoms with Crippen molar-refractivity contribution < 1.29 is 9.60 Å². The number of anilines is 2. The second kappa shape index (κ2) is 5.13. The first-order valence-corrected chi connectivity index (χ1v) is 6.70. The third-order valence-corrected chi connectivity index (χ3v) is 3.90. The topological polar surface area (TPSA) is 76.1 Å². The lowest BCUT2D eigenvalue weighted by Gasteiger charge is -2.24. The lowest BCUT2D eigenvalue weighted by Crippen LogP contribution is -2.18. The molecule has 1 aromatic carbocycles. The van der Waals surface area contributed by atoms with Crippen molar-refractivity contribution in [1.29, 1.82) is 0 Å². The lowest BCUT2D eigenvalue weighted by atomic mass is 9.85. The molecule has 4 N–H and O–H groups in total. The number of hydrogen-bond donors (Lipinski definition) is 3. The van der Waals surface area contributed by atoms with Crippen LogP contribution >= 0.6 is 0 Å². The van der Waals surface area contributed by atoms with Crippen LogP contribution in [0.1, 0.15) is 19.3 Å². The summed E-state index contributed by atoms with van der Waals surface area (Å²) in [5.41, 5.74) is 8.51. The molecule has 0 atom stereocenters. The third kappa shape index (κ3) is 2.22. The first-order chi connectivity index (χ1) is 9.69. The summed E-state index contributed by atoms with van der Waals surface area (Å²) < 4.78 is 16.1. The van der Waals surface area contributed by atoms with Crippen LogP contribution in [0.25, 0.3) is 11.1 Å². The number of rotatable bonds is 4. The maximum absolute atomic E-state index is 14.2. The number of nitrogens with two attached hydrogens (primary N) is 1. The number of halogens is 1. The van der Waals surface area contributed by atoms with Crippen molar-refractivity contribution in [3.05, 3.63) is 30.3 Å². The summed E-state index contributed by atoms with van der Waals surface area (Å²) in [7, 11) is 0. The van der Waals surface area contributed by atoms with Gasteiger partial charge in [0, 0.05) is 23.9 Å². The third-order valence-electron chi connectivity index (χ3n) is 3.90. The van der Waals surface area contributed by atoms with E-state index < -0.39 is 5.82 Å². The lowest BCUT2D eigenvalue weighted by molar-refractivity contribution is 0.266. The van der Waals surface area contributed by atoms with Crippen LogP contribution in [0.15, 0.2) is 24.5 Å². The molecule has 2 aromatic rings. The highest BCUT2D eigenvalue weighted by Crippen LogP contribution is 2.32. The molecular weight excluding hydrogens is 259 g/mol. The molecule has 5 nitrogen and oxygen atoms in total. The van der Waals surface area contributed by atoms with Gasteiger partial charge in [0.05, 0.1) is 11.9 Å². The fourth-order valence-electron chi connectivity index (χ4n) is 2.47. The monoisotopic (exact) mass is 276 g/mol. The molecule has 0 spiro atoms. The standard InChI is InChI=1S/C14H17FN4O/c15-13-11(4-5-12(16)14(13)18-20)10-6-17-19(8-10)7-9-2-1-3-9/h4-6,8-9,18,20H,1-3,7,16H2. The van der Waals surface area contributed by atoms with Gasteiger partial charge >= 0.3 is 0 Å². The van der Waals surface area contributed by atoms with E-state index in [9.17, 15) is 4.39 Å². The second-order valence-electron chi connectivity index (χ2n) is 5.25. The summed E-state index contributed by atoms with van der Waals surface area (Å²) in [5, 5.41) is 13.2. The Hall–Kier alpha value is -2.08. The Morgan fingerprint density at radius 2 is 2.25 bits per heavy atom. The Labute approximate surface area is 116 Å². The van der Waals surface area contributed by atoms with Crippen LogP contribution in [-0.2, 0) is 6.54 Å². The Bertz CT molecular complexity index is 622. The van der Waals surface area contributed by atoms with Crippen molar-refractivity contribution in [2.24, 2.45) is 5.92 Å². The van der Waals surface area contributed by atoms with Gasteiger partial charge in [0.2, 0.25) is 0 Å². The van der Waals surface area contributed by atoms with E-state index in [0.717, 1.165) is 6.54 Å². The zero-order chi connectivity index (χ0) is 14.1. The summed E-state index contributed by atoms with van der Waals surface area (Å²) in [6.45, 7) is 0.877. The van der Waals surface area contributed by atoms with Crippen molar-refractivity contribution in [1.82, 2.24) is 9.78 Å². The van der Waals surface area contributed by atoms with E-state index in [0.29, 0.717) is 17.0 Å². The second-order valence-corrected chi connectivity index (χ2v) is 5.25. The van der Waals surface area contributed by atoms with Crippen LogP contribution in [0.4, 0.5) is 15.8 Å². The molecule has 1 aliphatic rings. The van der Waals surface area contributed by atoms with Crippen LogP contribution in [-0.4, -0.2) is 15.0 Å². The highest BCUT2D eigenvalue weighted by Gasteiger charge is 2.19. The normalized spacial score (nSPS) is 15.1. The van der Waals surface area contributed by atoms with Crippen LogP contribution in [0.5, 0.6) is 0 Å². The maximum Gasteiger partial charge on any atom is 0.158 e. The predicted molar refractivity (Wildman–Crippen MR) is 74.8 cm³/mol. The molecule has 0 amide bonds. The quantitative estimate of drug-likeness (QED) is 0.593. The average Bonchev–Trinajstić information content (AvgIpc) is 2.83. The highest BCUT2D eigenvalue weighted by atomic mass is 19.1. The SMILES string of the molecule is Nc1ccc(-c2cnn(CC3CCC3)c2)c(F)c1NO. The summed E-state index contributed by atoms with van der Waals surface area (Å²) in [5.74, 6) is 0.115. The number of benzene rings is 1. The molecule has 3 rings (SSSR count). The zero-order valence-corrected chi connectivity index (χ0v) is 11.0. The molecule has 1 aliphatic carbocycles. The molecule has 1 heterocycles. The minimum atomic E-state index is -0.573. The molecule has 0 bridgehead atoms. The smallest absolute Gasteiger partial charge is 0.158 e. The Balaban J connectivity index is 1.88. The minimum Gasteiger partial charge on any atom is -0.397 e. The van der Waals surface area contributed by atoms with Gasteiger partial charge < -0.3 is 5.73 Å². The summed E-state index contributed by atoms with van der Waals surface area (Å²) in [6, 6.07) is 3.15. The van der Waals surface area contributed by atoms with Crippen molar-refractivity contribution in [3.8, 4) is 11.1 Å². The van der Waals surface area contributed by atoms with Crippen LogP contribution in [0, 0.1) is 11.7 Å². The summed E-state index contributed by atoms with van der Waals surface area (Å²) >= 11 is 0. The molecule has 6 heteroatoms. The van der Waals surface area contributed by atoms with Gasteiger partial charge in [-0.3, -0.25) is 15.4 Å². The van der Waals surface area contributed by atoms with Gasteiger partial charge in [0.1, 0.15) is 5.69 Å². The van der Waals surface area contributed by atoms with Crippen molar-refractivity contribution >= 4 is 11.4 Å². The number of nitrogens with one attached hydrogen (secondary N) is 1. The average molecular weight is 276 g/mol. The van der Waals surface area contributed by atoms with E-state index in [4.69, 9.17) is 10.9 Å². The van der Waals surface area contributed by atoms with Crippen molar-refractivity contribution in [3.63, 3.8) is 0 Å². The fourth-order valence-corrected chi connectivity index (χ4v) is 2.47. The van der Waals surface area contributed by atoms with Gasteiger partial charge in [-0.25, -0.2) is 4.39 Å². The summed E-state index contributed by atoms with van der Waals surface area (Å²) in [6.07, 6.45) is 7.23. The van der Waals surface area contributed by atoms with E-state index in [1.54, 1.807) is 23.8 Å². The molecule has 0 aliphatic heterocycles. The van der Waals surface area contributed by atoms with Crippen LogP contribution in [0.2, 0.25) is 0 Å². The Morgan fingerprint density at radius 3 is 2.90 bits per heavy atom. The van der Waals surface area contributed by atoms with Crippen molar-refractivity contribution in [2.75, 3.05) is 11.2 Å². The molecule has 0 unspecified atom stereocenters. The summed E-state index contributed by atoms with van der Waals surface area (Å²) in [4.78, 5) is 0. The fraction of sp³-hybridized carbons (Fsp3) is 0.357. The molecule has 0 radical (unpaired) electrons. The van der Waals surface area contributed by atoms with Gasteiger partial charge in [-0.1, -0.05) is 6.42 Å². The zero-order valence-electron chi connectivity index (χ0n) is 11.0. The Kier molecular flexibility index (Phi) is 3.31. The van der Waals surface area contributed by atoms with E-state index in [1.807, 2.05) is 10.9 Å². The molecule has 20 heavy (non-hydrogen) atoms. The maximum atomic E-state index is 14.2. The largest absolute Gasteiger partial charge is 0.397 e. The van der Waals surface area contributed by atoms with Gasteiger partial charge in [-0.15, -0.1) is 0 Å². The first kappa shape index (κ1) is 12.9. The van der Waals surface area contributed by atoms with Crippen LogP contribution < -0.4 is 11.2 Å². The molecule has 0 saturated heterocycles. The number of nitrogen functional groups attached to an aromatic ring is 1. The molecule has 106 valence electrons.